The van der Waals surface area contributed by atoms with Crippen LogP contribution in [-0.4, -0.2) is 22.4 Å². The first kappa shape index (κ1) is 16.4. The highest BCUT2D eigenvalue weighted by atomic mass is 16.2. The second-order valence-corrected chi connectivity index (χ2v) is 6.77. The number of fused-ring (bicyclic) bond motifs is 1. The van der Waals surface area contributed by atoms with Gasteiger partial charge >= 0.3 is 0 Å². The second kappa shape index (κ2) is 6.67. The van der Waals surface area contributed by atoms with Crippen molar-refractivity contribution in [1.29, 1.82) is 0 Å². The van der Waals surface area contributed by atoms with E-state index >= 15 is 0 Å². The molecule has 0 radical (unpaired) electrons. The van der Waals surface area contributed by atoms with Crippen LogP contribution in [0.1, 0.15) is 28.9 Å². The Labute approximate surface area is 152 Å². The number of hydrogen-bond donors (Lipinski definition) is 2. The number of carbonyl (C=O) groups is 2. The molecule has 1 heterocycles. The van der Waals surface area contributed by atoms with Gasteiger partial charge in [0.25, 0.3) is 5.91 Å². The fourth-order valence-corrected chi connectivity index (χ4v) is 3.17. The molecule has 26 heavy (non-hydrogen) atoms. The lowest BCUT2D eigenvalue weighted by atomic mass is 10.1. The molecule has 0 aliphatic heterocycles. The van der Waals surface area contributed by atoms with E-state index in [1.807, 2.05) is 41.8 Å². The molecule has 0 unspecified atom stereocenters. The van der Waals surface area contributed by atoms with Crippen LogP contribution in [0.3, 0.4) is 0 Å². The molecule has 1 aliphatic carbocycles. The van der Waals surface area contributed by atoms with Crippen LogP contribution in [0.2, 0.25) is 0 Å². The van der Waals surface area contributed by atoms with Crippen LogP contribution in [-0.2, 0) is 11.3 Å². The summed E-state index contributed by atoms with van der Waals surface area (Å²) in [5, 5.41) is 6.97. The molecule has 1 aliphatic rings. The summed E-state index contributed by atoms with van der Waals surface area (Å²) >= 11 is 0. The molecule has 0 spiro atoms. The molecule has 132 valence electrons. The normalized spacial score (nSPS) is 13.6. The van der Waals surface area contributed by atoms with Gasteiger partial charge in [0.2, 0.25) is 5.91 Å². The summed E-state index contributed by atoms with van der Waals surface area (Å²) in [4.78, 5) is 25.0. The van der Waals surface area contributed by atoms with Gasteiger partial charge in [-0.1, -0.05) is 30.3 Å². The summed E-state index contributed by atoms with van der Waals surface area (Å²) in [6.45, 7) is 2.20. The molecule has 5 nitrogen and oxygen atoms in total. The summed E-state index contributed by atoms with van der Waals surface area (Å²) < 4.78 is 1.98. The minimum Gasteiger partial charge on any atom is -0.349 e. The maximum atomic E-state index is 12.6. The van der Waals surface area contributed by atoms with Crippen LogP contribution in [0.25, 0.3) is 10.9 Å². The molecule has 0 bridgehead atoms. The van der Waals surface area contributed by atoms with Gasteiger partial charge in [-0.2, -0.15) is 0 Å². The molecule has 1 aromatic heterocycles. The zero-order valence-electron chi connectivity index (χ0n) is 14.7. The van der Waals surface area contributed by atoms with E-state index in [2.05, 4.69) is 16.7 Å². The number of nitrogens with one attached hydrogen (secondary N) is 2. The monoisotopic (exact) mass is 347 g/mol. The van der Waals surface area contributed by atoms with Gasteiger partial charge in [0.05, 0.1) is 11.3 Å². The van der Waals surface area contributed by atoms with Crippen LogP contribution in [0, 0.1) is 6.92 Å². The van der Waals surface area contributed by atoms with E-state index in [-0.39, 0.29) is 24.4 Å². The summed E-state index contributed by atoms with van der Waals surface area (Å²) in [5.41, 5.74) is 3.10. The third kappa shape index (κ3) is 3.33. The van der Waals surface area contributed by atoms with Crippen LogP contribution >= 0.6 is 0 Å². The van der Waals surface area contributed by atoms with Crippen molar-refractivity contribution >= 4 is 28.4 Å². The standard InChI is InChI=1S/C21H21N3O2/c1-14-12-15-6-2-5-9-19(15)24(14)13-20(25)23-18-8-4-3-7-17(18)21(26)22-16-10-11-16/h2-9,12,16H,10-11,13H2,1H3,(H,22,26)(H,23,25). The number of amides is 2. The Morgan fingerprint density at radius 1 is 1.08 bits per heavy atom. The van der Waals surface area contributed by atoms with Crippen LogP contribution in [0.15, 0.2) is 54.6 Å². The molecule has 1 saturated carbocycles. The number of carbonyl (C=O) groups excluding carboxylic acids is 2. The summed E-state index contributed by atoms with van der Waals surface area (Å²) in [6.07, 6.45) is 2.06. The van der Waals surface area contributed by atoms with E-state index < -0.39 is 0 Å². The Morgan fingerprint density at radius 3 is 2.62 bits per heavy atom. The molecular formula is C21H21N3O2. The Kier molecular flexibility index (Phi) is 4.21. The van der Waals surface area contributed by atoms with Crippen molar-refractivity contribution in [2.45, 2.75) is 32.4 Å². The van der Waals surface area contributed by atoms with E-state index in [9.17, 15) is 9.59 Å². The second-order valence-electron chi connectivity index (χ2n) is 6.77. The van der Waals surface area contributed by atoms with Gasteiger partial charge in [-0.05, 0) is 49.4 Å². The largest absolute Gasteiger partial charge is 0.349 e. The van der Waals surface area contributed by atoms with Crippen molar-refractivity contribution in [3.63, 3.8) is 0 Å². The zero-order chi connectivity index (χ0) is 18.1. The average molecular weight is 347 g/mol. The topological polar surface area (TPSA) is 63.1 Å². The van der Waals surface area contributed by atoms with E-state index in [1.165, 1.54) is 0 Å². The molecule has 1 fully saturated rings. The van der Waals surface area contributed by atoms with E-state index in [4.69, 9.17) is 0 Å². The van der Waals surface area contributed by atoms with Crippen molar-refractivity contribution in [2.75, 3.05) is 5.32 Å². The lowest BCUT2D eigenvalue weighted by Gasteiger charge is -2.13. The third-order valence-corrected chi connectivity index (χ3v) is 4.68. The SMILES string of the molecule is Cc1cc2ccccc2n1CC(=O)Nc1ccccc1C(=O)NC1CC1. The number of aromatic nitrogens is 1. The molecule has 4 rings (SSSR count). The molecule has 2 amide bonds. The van der Waals surface area contributed by atoms with Crippen LogP contribution in [0.4, 0.5) is 5.69 Å². The lowest BCUT2D eigenvalue weighted by molar-refractivity contribution is -0.116. The quantitative estimate of drug-likeness (QED) is 0.742. The zero-order valence-corrected chi connectivity index (χ0v) is 14.7. The van der Waals surface area contributed by atoms with Crippen molar-refractivity contribution in [1.82, 2.24) is 9.88 Å². The molecule has 0 saturated heterocycles. The first-order valence-electron chi connectivity index (χ1n) is 8.86. The molecule has 0 atom stereocenters. The Hall–Kier alpha value is -3.08. The minimum absolute atomic E-state index is 0.133. The Balaban J connectivity index is 1.53. The number of rotatable bonds is 5. The van der Waals surface area contributed by atoms with E-state index in [0.29, 0.717) is 11.3 Å². The number of hydrogen-bond acceptors (Lipinski definition) is 2. The number of para-hydroxylation sites is 2. The summed E-state index contributed by atoms with van der Waals surface area (Å²) in [7, 11) is 0. The third-order valence-electron chi connectivity index (χ3n) is 4.68. The van der Waals surface area contributed by atoms with E-state index in [1.54, 1.807) is 18.2 Å². The fraction of sp³-hybridized carbons (Fsp3) is 0.238. The number of nitrogens with zero attached hydrogens (tertiary/aromatic N) is 1. The van der Waals surface area contributed by atoms with Gasteiger partial charge in [0.1, 0.15) is 6.54 Å². The number of benzene rings is 2. The van der Waals surface area contributed by atoms with Crippen molar-refractivity contribution in [3.05, 3.63) is 65.9 Å². The molecule has 5 heteroatoms. The van der Waals surface area contributed by atoms with Gasteiger partial charge in [-0.3, -0.25) is 9.59 Å². The predicted molar refractivity (Wildman–Crippen MR) is 102 cm³/mol. The Bertz CT molecular complexity index is 986. The average Bonchev–Trinajstić information content (AvgIpc) is 3.39. The highest BCUT2D eigenvalue weighted by molar-refractivity contribution is 6.04. The first-order chi connectivity index (χ1) is 12.6. The van der Waals surface area contributed by atoms with Crippen LogP contribution < -0.4 is 10.6 Å². The molecule has 3 aromatic rings. The van der Waals surface area contributed by atoms with Crippen molar-refractivity contribution in [2.24, 2.45) is 0 Å². The number of aryl methyl sites for hydroxylation is 1. The maximum absolute atomic E-state index is 12.6. The Morgan fingerprint density at radius 2 is 1.81 bits per heavy atom. The number of anilines is 1. The van der Waals surface area contributed by atoms with Gasteiger partial charge in [-0.15, -0.1) is 0 Å². The first-order valence-corrected chi connectivity index (χ1v) is 8.86. The fourth-order valence-electron chi connectivity index (χ4n) is 3.17. The van der Waals surface area contributed by atoms with Gasteiger partial charge in [0, 0.05) is 17.3 Å². The van der Waals surface area contributed by atoms with Gasteiger partial charge in [-0.25, -0.2) is 0 Å². The molecule has 2 aromatic carbocycles. The highest BCUT2D eigenvalue weighted by Gasteiger charge is 2.25. The van der Waals surface area contributed by atoms with Crippen molar-refractivity contribution in [3.8, 4) is 0 Å². The minimum atomic E-state index is -0.152. The predicted octanol–water partition coefficient (Wildman–Crippen LogP) is 3.48. The lowest BCUT2D eigenvalue weighted by Crippen LogP contribution is -2.27. The maximum Gasteiger partial charge on any atom is 0.253 e. The highest BCUT2D eigenvalue weighted by Crippen LogP contribution is 2.22. The van der Waals surface area contributed by atoms with Gasteiger partial charge < -0.3 is 15.2 Å². The van der Waals surface area contributed by atoms with Gasteiger partial charge in [0.15, 0.2) is 0 Å². The van der Waals surface area contributed by atoms with Crippen LogP contribution in [0.5, 0.6) is 0 Å². The van der Waals surface area contributed by atoms with E-state index in [0.717, 1.165) is 29.4 Å². The molecule has 2 N–H and O–H groups in total. The summed E-state index contributed by atoms with van der Waals surface area (Å²) in [6, 6.07) is 17.5. The summed E-state index contributed by atoms with van der Waals surface area (Å²) in [5.74, 6) is -0.285. The smallest absolute Gasteiger partial charge is 0.253 e. The molecular weight excluding hydrogens is 326 g/mol. The van der Waals surface area contributed by atoms with Crippen molar-refractivity contribution < 1.29 is 9.59 Å².